The highest BCUT2D eigenvalue weighted by atomic mass is 35.5. The summed E-state index contributed by atoms with van der Waals surface area (Å²) in [6.07, 6.45) is -1.11. The van der Waals surface area contributed by atoms with Crippen molar-refractivity contribution in [3.05, 3.63) is 39.9 Å². The van der Waals surface area contributed by atoms with E-state index in [1.807, 2.05) is 4.90 Å². The SMILES string of the molecule is O=C(CN1CCOCC1)OC(c1ccc([N+](=O)[O-])cc1)C(CO)NC(=O)C(Cl)Cl. The predicted molar refractivity (Wildman–Crippen MR) is 104 cm³/mol. The highest BCUT2D eigenvalue weighted by molar-refractivity contribution is 6.53. The second-order valence-electron chi connectivity index (χ2n) is 6.25. The van der Waals surface area contributed by atoms with Gasteiger partial charge in [0.2, 0.25) is 0 Å². The molecule has 0 saturated carbocycles. The van der Waals surface area contributed by atoms with Crippen molar-refractivity contribution in [2.24, 2.45) is 0 Å². The Hall–Kier alpha value is -1.98. The first-order valence-electron chi connectivity index (χ1n) is 8.75. The number of halogens is 2. The van der Waals surface area contributed by atoms with E-state index in [1.54, 1.807) is 0 Å². The number of morpholine rings is 1. The molecule has 2 atom stereocenters. The van der Waals surface area contributed by atoms with Crippen LogP contribution in [0.5, 0.6) is 0 Å². The van der Waals surface area contributed by atoms with Gasteiger partial charge in [-0.25, -0.2) is 0 Å². The fraction of sp³-hybridized carbons (Fsp3) is 0.529. The van der Waals surface area contributed by atoms with Crippen LogP contribution in [-0.2, 0) is 19.1 Å². The van der Waals surface area contributed by atoms with E-state index in [9.17, 15) is 24.8 Å². The zero-order chi connectivity index (χ0) is 21.4. The zero-order valence-electron chi connectivity index (χ0n) is 15.3. The molecule has 160 valence electrons. The Morgan fingerprint density at radius 1 is 1.28 bits per heavy atom. The largest absolute Gasteiger partial charge is 0.454 e. The number of nitrogens with zero attached hydrogens (tertiary/aromatic N) is 2. The molecule has 1 aromatic carbocycles. The smallest absolute Gasteiger partial charge is 0.320 e. The van der Waals surface area contributed by atoms with E-state index in [-0.39, 0.29) is 12.2 Å². The number of nitro groups is 1. The van der Waals surface area contributed by atoms with E-state index in [1.165, 1.54) is 24.3 Å². The third-order valence-electron chi connectivity index (χ3n) is 4.24. The number of rotatable bonds is 9. The maximum absolute atomic E-state index is 12.5. The first kappa shape index (κ1) is 23.3. The fourth-order valence-electron chi connectivity index (χ4n) is 2.75. The summed E-state index contributed by atoms with van der Waals surface area (Å²) in [5, 5.41) is 23.0. The zero-order valence-corrected chi connectivity index (χ0v) is 16.8. The van der Waals surface area contributed by atoms with Crippen LogP contribution in [0.25, 0.3) is 0 Å². The lowest BCUT2D eigenvalue weighted by Gasteiger charge is -2.29. The molecule has 0 radical (unpaired) electrons. The molecule has 1 aliphatic rings. The van der Waals surface area contributed by atoms with Crippen molar-refractivity contribution >= 4 is 40.8 Å². The average molecular weight is 450 g/mol. The average Bonchev–Trinajstić information content (AvgIpc) is 2.71. The first-order chi connectivity index (χ1) is 13.8. The number of aliphatic hydroxyl groups excluding tert-OH is 1. The molecule has 1 aliphatic heterocycles. The van der Waals surface area contributed by atoms with E-state index in [0.29, 0.717) is 31.9 Å². The van der Waals surface area contributed by atoms with Crippen molar-refractivity contribution in [1.82, 2.24) is 10.2 Å². The van der Waals surface area contributed by atoms with Crippen LogP contribution >= 0.6 is 23.2 Å². The van der Waals surface area contributed by atoms with Crippen molar-refractivity contribution < 1.29 is 29.1 Å². The van der Waals surface area contributed by atoms with Gasteiger partial charge in [0.05, 0.1) is 37.3 Å². The number of benzene rings is 1. The van der Waals surface area contributed by atoms with Crippen molar-refractivity contribution in [3.63, 3.8) is 0 Å². The number of nitrogens with one attached hydrogen (secondary N) is 1. The molecule has 1 aromatic rings. The summed E-state index contributed by atoms with van der Waals surface area (Å²) in [6, 6.07) is 4.19. The fourth-order valence-corrected chi connectivity index (χ4v) is 2.88. The minimum absolute atomic E-state index is 0.00737. The third kappa shape index (κ3) is 7.09. The van der Waals surface area contributed by atoms with Gasteiger partial charge >= 0.3 is 5.97 Å². The molecule has 2 N–H and O–H groups in total. The second-order valence-corrected chi connectivity index (χ2v) is 7.34. The van der Waals surface area contributed by atoms with Crippen molar-refractivity contribution in [3.8, 4) is 0 Å². The van der Waals surface area contributed by atoms with Gasteiger partial charge in [-0.2, -0.15) is 0 Å². The summed E-state index contributed by atoms with van der Waals surface area (Å²) in [5.41, 5.74) is 0.198. The Bertz CT molecular complexity index is 711. The highest BCUT2D eigenvalue weighted by Crippen LogP contribution is 2.25. The quantitative estimate of drug-likeness (QED) is 0.244. The number of alkyl halides is 2. The molecule has 12 heteroatoms. The third-order valence-corrected chi connectivity index (χ3v) is 4.63. The number of amides is 1. The van der Waals surface area contributed by atoms with Crippen LogP contribution in [-0.4, -0.2) is 77.1 Å². The van der Waals surface area contributed by atoms with E-state index in [0.717, 1.165) is 0 Å². The van der Waals surface area contributed by atoms with Crippen LogP contribution < -0.4 is 5.32 Å². The van der Waals surface area contributed by atoms with E-state index in [2.05, 4.69) is 5.32 Å². The maximum Gasteiger partial charge on any atom is 0.320 e. The van der Waals surface area contributed by atoms with Crippen LogP contribution in [0, 0.1) is 10.1 Å². The second kappa shape index (κ2) is 11.3. The number of hydrogen-bond acceptors (Lipinski definition) is 8. The summed E-state index contributed by atoms with van der Waals surface area (Å²) >= 11 is 11.1. The van der Waals surface area contributed by atoms with Crippen LogP contribution in [0.3, 0.4) is 0 Å². The first-order valence-corrected chi connectivity index (χ1v) is 9.62. The molecule has 29 heavy (non-hydrogen) atoms. The Labute approximate surface area is 176 Å². The number of carbonyl (C=O) groups excluding carboxylic acids is 2. The summed E-state index contributed by atoms with van der Waals surface area (Å²) in [6.45, 7) is 1.54. The number of aliphatic hydroxyl groups is 1. The lowest BCUT2D eigenvalue weighted by Crippen LogP contribution is -2.46. The molecule has 1 amide bonds. The molecule has 1 heterocycles. The van der Waals surface area contributed by atoms with Gasteiger partial charge in [0.1, 0.15) is 6.10 Å². The Morgan fingerprint density at radius 2 is 1.90 bits per heavy atom. The van der Waals surface area contributed by atoms with Crippen LogP contribution in [0.4, 0.5) is 5.69 Å². The van der Waals surface area contributed by atoms with Crippen molar-refractivity contribution in [1.29, 1.82) is 0 Å². The molecule has 2 rings (SSSR count). The van der Waals surface area contributed by atoms with Gasteiger partial charge in [-0.15, -0.1) is 0 Å². The van der Waals surface area contributed by atoms with Gasteiger partial charge in [-0.3, -0.25) is 24.6 Å². The number of ether oxygens (including phenoxy) is 2. The number of non-ortho nitro benzene ring substituents is 1. The lowest BCUT2D eigenvalue weighted by atomic mass is 10.0. The minimum Gasteiger partial charge on any atom is -0.454 e. The van der Waals surface area contributed by atoms with E-state index < -0.39 is 40.4 Å². The number of nitro benzene ring substituents is 1. The molecular formula is C17H21Cl2N3O7. The summed E-state index contributed by atoms with van der Waals surface area (Å²) in [4.78, 5) is 35.1. The molecule has 10 nitrogen and oxygen atoms in total. The standard InChI is InChI=1S/C17H21Cl2N3O7/c18-16(19)17(25)20-13(10-23)15(11-1-3-12(4-2-11)22(26)27)29-14(24)9-21-5-7-28-8-6-21/h1-4,13,15-16,23H,5-10H2,(H,20,25). The van der Waals surface area contributed by atoms with Crippen molar-refractivity contribution in [2.45, 2.75) is 17.0 Å². The molecule has 0 aromatic heterocycles. The Balaban J connectivity index is 2.19. The van der Waals surface area contributed by atoms with Gasteiger partial charge in [0, 0.05) is 25.2 Å². The van der Waals surface area contributed by atoms with Gasteiger partial charge in [-0.05, 0) is 17.7 Å². The van der Waals surface area contributed by atoms with Gasteiger partial charge in [0.15, 0.2) is 4.84 Å². The number of hydrogen-bond donors (Lipinski definition) is 2. The Kier molecular flexibility index (Phi) is 9.05. The summed E-state index contributed by atoms with van der Waals surface area (Å²) < 4.78 is 10.8. The molecule has 0 spiro atoms. The van der Waals surface area contributed by atoms with Crippen LogP contribution in [0.15, 0.2) is 24.3 Å². The number of esters is 1. The summed E-state index contributed by atoms with van der Waals surface area (Å²) in [5.74, 6) is -1.36. The number of carbonyl (C=O) groups is 2. The minimum atomic E-state index is -1.38. The normalized spacial score (nSPS) is 16.8. The molecule has 0 bridgehead atoms. The molecule has 0 aliphatic carbocycles. The monoisotopic (exact) mass is 449 g/mol. The van der Waals surface area contributed by atoms with Gasteiger partial charge < -0.3 is 19.9 Å². The topological polar surface area (TPSA) is 131 Å². The molecule has 1 fully saturated rings. The lowest BCUT2D eigenvalue weighted by molar-refractivity contribution is -0.384. The summed E-state index contributed by atoms with van der Waals surface area (Å²) in [7, 11) is 0. The highest BCUT2D eigenvalue weighted by Gasteiger charge is 2.30. The maximum atomic E-state index is 12.5. The van der Waals surface area contributed by atoms with Crippen molar-refractivity contribution in [2.75, 3.05) is 39.5 Å². The van der Waals surface area contributed by atoms with Gasteiger partial charge in [0.25, 0.3) is 11.6 Å². The molecule has 2 unspecified atom stereocenters. The van der Waals surface area contributed by atoms with E-state index in [4.69, 9.17) is 32.7 Å². The predicted octanol–water partition coefficient (Wildman–Crippen LogP) is 0.792. The molecular weight excluding hydrogens is 429 g/mol. The van der Waals surface area contributed by atoms with Crippen LogP contribution in [0.1, 0.15) is 11.7 Å². The van der Waals surface area contributed by atoms with Crippen LogP contribution in [0.2, 0.25) is 0 Å². The molecule has 1 saturated heterocycles. The Morgan fingerprint density at radius 3 is 2.41 bits per heavy atom. The van der Waals surface area contributed by atoms with E-state index >= 15 is 0 Å². The van der Waals surface area contributed by atoms with Gasteiger partial charge in [-0.1, -0.05) is 23.2 Å².